The number of hydrogen-bond donors (Lipinski definition) is 1. The van der Waals surface area contributed by atoms with Gasteiger partial charge in [0, 0.05) is 24.7 Å². The summed E-state index contributed by atoms with van der Waals surface area (Å²) in [5.74, 6) is 0.0394. The number of likely N-dealkylation sites (tertiary alicyclic amines) is 1. The summed E-state index contributed by atoms with van der Waals surface area (Å²) in [6.45, 7) is 6.02. The Labute approximate surface area is 154 Å². The van der Waals surface area contributed by atoms with Gasteiger partial charge < -0.3 is 19.6 Å². The first kappa shape index (κ1) is 18.7. The number of ether oxygens (including phenoxy) is 1. The molecule has 6 nitrogen and oxygen atoms in total. The summed E-state index contributed by atoms with van der Waals surface area (Å²) in [6, 6.07) is 7.85. The minimum absolute atomic E-state index is 0.0394. The van der Waals surface area contributed by atoms with Crippen molar-refractivity contribution in [2.45, 2.75) is 51.2 Å². The number of rotatable bonds is 5. The predicted octanol–water partition coefficient (Wildman–Crippen LogP) is 2.45. The topological polar surface area (TPSA) is 70.1 Å². The summed E-state index contributed by atoms with van der Waals surface area (Å²) in [5.41, 5.74) is 1.04. The minimum Gasteiger partial charge on any atom is -0.448 e. The molecular formula is C20H28N2O4. The van der Waals surface area contributed by atoms with E-state index in [-0.39, 0.29) is 18.0 Å². The van der Waals surface area contributed by atoms with E-state index in [1.54, 1.807) is 18.7 Å². The SMILES string of the molecule is CC(C)(O)CCc1cccc(C(=O)N2CCC(N3CCOC3=O)CC2)c1. The number of cyclic esters (lactones) is 1. The smallest absolute Gasteiger partial charge is 0.410 e. The van der Waals surface area contributed by atoms with Crippen LogP contribution in [0.3, 0.4) is 0 Å². The molecule has 0 aromatic heterocycles. The van der Waals surface area contributed by atoms with Crippen molar-refractivity contribution in [1.29, 1.82) is 0 Å². The Hall–Kier alpha value is -2.08. The number of amides is 2. The van der Waals surface area contributed by atoms with Crippen LogP contribution in [-0.2, 0) is 11.2 Å². The summed E-state index contributed by atoms with van der Waals surface area (Å²) in [7, 11) is 0. The van der Waals surface area contributed by atoms with Gasteiger partial charge in [0.1, 0.15) is 6.61 Å². The number of piperidine rings is 1. The molecule has 142 valence electrons. The van der Waals surface area contributed by atoms with Gasteiger partial charge in [-0.2, -0.15) is 0 Å². The van der Waals surface area contributed by atoms with Gasteiger partial charge in [0.05, 0.1) is 12.1 Å². The highest BCUT2D eigenvalue weighted by Crippen LogP contribution is 2.22. The van der Waals surface area contributed by atoms with Crippen LogP contribution < -0.4 is 0 Å². The zero-order chi connectivity index (χ0) is 18.7. The fourth-order valence-corrected chi connectivity index (χ4v) is 3.61. The lowest BCUT2D eigenvalue weighted by Crippen LogP contribution is -2.47. The lowest BCUT2D eigenvalue weighted by Gasteiger charge is -2.35. The van der Waals surface area contributed by atoms with Crippen molar-refractivity contribution in [3.8, 4) is 0 Å². The molecule has 6 heteroatoms. The minimum atomic E-state index is -0.710. The van der Waals surface area contributed by atoms with Gasteiger partial charge in [-0.15, -0.1) is 0 Å². The van der Waals surface area contributed by atoms with Gasteiger partial charge >= 0.3 is 6.09 Å². The van der Waals surface area contributed by atoms with Crippen molar-refractivity contribution < 1.29 is 19.4 Å². The Morgan fingerprint density at radius 3 is 2.62 bits per heavy atom. The number of aryl methyl sites for hydroxylation is 1. The van der Waals surface area contributed by atoms with Crippen LogP contribution >= 0.6 is 0 Å². The molecule has 1 aromatic carbocycles. The molecule has 26 heavy (non-hydrogen) atoms. The van der Waals surface area contributed by atoms with Gasteiger partial charge in [0.25, 0.3) is 5.91 Å². The average molecular weight is 360 g/mol. The standard InChI is InChI=1S/C20H28N2O4/c1-20(2,25)9-6-15-4-3-5-16(14-15)18(23)21-10-7-17(8-11-21)22-12-13-26-19(22)24/h3-5,14,17,25H,6-13H2,1-2H3. The van der Waals surface area contributed by atoms with E-state index in [0.29, 0.717) is 38.2 Å². The highest BCUT2D eigenvalue weighted by molar-refractivity contribution is 5.94. The van der Waals surface area contributed by atoms with E-state index in [1.807, 2.05) is 29.2 Å². The molecule has 2 fully saturated rings. The van der Waals surface area contributed by atoms with E-state index in [4.69, 9.17) is 4.74 Å². The van der Waals surface area contributed by atoms with Gasteiger partial charge in [-0.3, -0.25) is 4.79 Å². The van der Waals surface area contributed by atoms with E-state index in [1.165, 1.54) is 0 Å². The van der Waals surface area contributed by atoms with Crippen LogP contribution in [0.15, 0.2) is 24.3 Å². The molecule has 0 saturated carbocycles. The summed E-state index contributed by atoms with van der Waals surface area (Å²) >= 11 is 0. The monoisotopic (exact) mass is 360 g/mol. The molecule has 1 N–H and O–H groups in total. The predicted molar refractivity (Wildman–Crippen MR) is 98.0 cm³/mol. The van der Waals surface area contributed by atoms with Crippen LogP contribution in [0.1, 0.15) is 49.0 Å². The first-order valence-corrected chi connectivity index (χ1v) is 9.37. The maximum absolute atomic E-state index is 12.8. The summed E-state index contributed by atoms with van der Waals surface area (Å²) < 4.78 is 5.01. The molecule has 0 atom stereocenters. The third kappa shape index (κ3) is 4.55. The van der Waals surface area contributed by atoms with Gasteiger partial charge in [-0.25, -0.2) is 4.79 Å². The Bertz CT molecular complexity index is 660. The third-order valence-electron chi connectivity index (χ3n) is 5.18. The molecule has 3 rings (SSSR count). The van der Waals surface area contributed by atoms with Gasteiger partial charge in [0.15, 0.2) is 0 Å². The summed E-state index contributed by atoms with van der Waals surface area (Å²) in [5, 5.41) is 9.88. The number of carbonyl (C=O) groups is 2. The van der Waals surface area contributed by atoms with E-state index < -0.39 is 5.60 Å². The third-order valence-corrected chi connectivity index (χ3v) is 5.18. The van der Waals surface area contributed by atoms with E-state index >= 15 is 0 Å². The van der Waals surface area contributed by atoms with Crippen molar-refractivity contribution in [1.82, 2.24) is 9.80 Å². The largest absolute Gasteiger partial charge is 0.448 e. The summed E-state index contributed by atoms with van der Waals surface area (Å²) in [4.78, 5) is 28.2. The van der Waals surface area contributed by atoms with E-state index in [0.717, 1.165) is 24.8 Å². The Morgan fingerprint density at radius 2 is 2.00 bits per heavy atom. The molecule has 2 aliphatic heterocycles. The molecule has 2 aliphatic rings. The molecule has 1 aromatic rings. The zero-order valence-electron chi connectivity index (χ0n) is 15.6. The Kier molecular flexibility index (Phi) is 5.51. The van der Waals surface area contributed by atoms with Crippen LogP contribution in [-0.4, -0.2) is 64.8 Å². The van der Waals surface area contributed by atoms with Crippen molar-refractivity contribution >= 4 is 12.0 Å². The second-order valence-electron chi connectivity index (χ2n) is 7.84. The Morgan fingerprint density at radius 1 is 1.27 bits per heavy atom. The van der Waals surface area contributed by atoms with Crippen LogP contribution in [0.25, 0.3) is 0 Å². The van der Waals surface area contributed by atoms with Crippen molar-refractivity contribution in [3.63, 3.8) is 0 Å². The molecule has 2 heterocycles. The highest BCUT2D eigenvalue weighted by Gasteiger charge is 2.33. The van der Waals surface area contributed by atoms with Gasteiger partial charge in [-0.1, -0.05) is 12.1 Å². The van der Waals surface area contributed by atoms with E-state index in [2.05, 4.69) is 0 Å². The highest BCUT2D eigenvalue weighted by atomic mass is 16.6. The fraction of sp³-hybridized carbons (Fsp3) is 0.600. The number of nitrogens with zero attached hydrogens (tertiary/aromatic N) is 2. The van der Waals surface area contributed by atoms with Crippen LogP contribution in [0.2, 0.25) is 0 Å². The Balaban J connectivity index is 1.57. The molecule has 0 bridgehead atoms. The normalized spacial score (nSPS) is 19.0. The van der Waals surface area contributed by atoms with Crippen LogP contribution in [0.5, 0.6) is 0 Å². The van der Waals surface area contributed by atoms with Crippen LogP contribution in [0.4, 0.5) is 4.79 Å². The first-order chi connectivity index (χ1) is 12.3. The average Bonchev–Trinajstić information content (AvgIpc) is 3.05. The lowest BCUT2D eigenvalue weighted by atomic mass is 9.97. The van der Waals surface area contributed by atoms with Gasteiger partial charge in [0.2, 0.25) is 0 Å². The lowest BCUT2D eigenvalue weighted by molar-refractivity contribution is 0.0658. The van der Waals surface area contributed by atoms with Crippen LogP contribution in [0, 0.1) is 0 Å². The fourth-order valence-electron chi connectivity index (χ4n) is 3.61. The second kappa shape index (κ2) is 7.66. The molecule has 2 amide bonds. The maximum Gasteiger partial charge on any atom is 0.410 e. The zero-order valence-corrected chi connectivity index (χ0v) is 15.6. The van der Waals surface area contributed by atoms with E-state index in [9.17, 15) is 14.7 Å². The van der Waals surface area contributed by atoms with Crippen molar-refractivity contribution in [2.75, 3.05) is 26.2 Å². The number of hydrogen-bond acceptors (Lipinski definition) is 4. The van der Waals surface area contributed by atoms with Crippen molar-refractivity contribution in [3.05, 3.63) is 35.4 Å². The molecule has 2 saturated heterocycles. The second-order valence-corrected chi connectivity index (χ2v) is 7.84. The van der Waals surface area contributed by atoms with Gasteiger partial charge in [-0.05, 0) is 57.2 Å². The maximum atomic E-state index is 12.8. The molecular weight excluding hydrogens is 332 g/mol. The molecule has 0 unspecified atom stereocenters. The molecule has 0 spiro atoms. The number of benzene rings is 1. The number of aliphatic hydroxyl groups is 1. The summed E-state index contributed by atoms with van der Waals surface area (Å²) in [6.07, 6.45) is 2.75. The molecule has 0 aliphatic carbocycles. The first-order valence-electron chi connectivity index (χ1n) is 9.37. The quantitative estimate of drug-likeness (QED) is 0.876. The number of carbonyl (C=O) groups excluding carboxylic acids is 2. The molecule has 0 radical (unpaired) electrons. The van der Waals surface area contributed by atoms with Crippen molar-refractivity contribution in [2.24, 2.45) is 0 Å².